The summed E-state index contributed by atoms with van der Waals surface area (Å²) in [5, 5.41) is 0. The highest BCUT2D eigenvalue weighted by Gasteiger charge is 2.34. The van der Waals surface area contributed by atoms with Gasteiger partial charge in [0.05, 0.1) is 28.2 Å². The van der Waals surface area contributed by atoms with Crippen molar-refractivity contribution in [2.45, 2.75) is 38.7 Å². The molecule has 0 spiro atoms. The predicted molar refractivity (Wildman–Crippen MR) is 151 cm³/mol. The lowest BCUT2D eigenvalue weighted by atomic mass is 10.0. The van der Waals surface area contributed by atoms with E-state index >= 15 is 0 Å². The van der Waals surface area contributed by atoms with Crippen molar-refractivity contribution in [2.24, 2.45) is 0 Å². The van der Waals surface area contributed by atoms with Crippen LogP contribution in [-0.4, -0.2) is 51.5 Å². The van der Waals surface area contributed by atoms with Gasteiger partial charge in [0.2, 0.25) is 0 Å². The third-order valence-electron chi connectivity index (χ3n) is 6.60. The molecule has 1 saturated heterocycles. The second-order valence-corrected chi connectivity index (χ2v) is 11.6. The van der Waals surface area contributed by atoms with E-state index in [2.05, 4.69) is 0 Å². The van der Waals surface area contributed by atoms with Crippen LogP contribution in [0.1, 0.15) is 31.9 Å². The average molecular weight is 630 g/mol. The van der Waals surface area contributed by atoms with Gasteiger partial charge in [-0.1, -0.05) is 24.3 Å². The Morgan fingerprint density at radius 2 is 1.28 bits per heavy atom. The highest BCUT2D eigenvalue weighted by molar-refractivity contribution is 7.81. The number of alkyl halides is 6. The van der Waals surface area contributed by atoms with Crippen LogP contribution in [-0.2, 0) is 28.4 Å². The number of anilines is 3. The highest BCUT2D eigenvalue weighted by atomic mass is 32.2. The molecular weight excluding hydrogens is 600 g/mol. The molecule has 1 unspecified atom stereocenters. The molecule has 232 valence electrons. The van der Waals surface area contributed by atoms with Gasteiger partial charge in [0.1, 0.15) is 5.60 Å². The second-order valence-electron chi connectivity index (χ2n) is 10.8. The topological polar surface area (TPSA) is 73.3 Å². The van der Waals surface area contributed by atoms with Crippen LogP contribution in [0.5, 0.6) is 0 Å². The molecule has 1 fully saturated rings. The third-order valence-corrected chi connectivity index (χ3v) is 7.32. The van der Waals surface area contributed by atoms with Crippen molar-refractivity contribution < 1.29 is 44.6 Å². The SMILES string of the molecule is CC(C)(C)OC(=O)N1CCN(c2ccc(C(F)(F)F)cc2N(c2ccc(-c3ccc(C(F)(F)F)cc3)cc2)S(=O)O)CC1. The normalized spacial score (nSPS) is 15.3. The first kappa shape index (κ1) is 32.1. The van der Waals surface area contributed by atoms with Gasteiger partial charge in [-0.05, 0) is 74.4 Å². The van der Waals surface area contributed by atoms with E-state index in [1.165, 1.54) is 47.4 Å². The lowest BCUT2D eigenvalue weighted by Gasteiger charge is -2.38. The van der Waals surface area contributed by atoms with Crippen molar-refractivity contribution in [1.29, 1.82) is 0 Å². The van der Waals surface area contributed by atoms with Crippen molar-refractivity contribution in [2.75, 3.05) is 35.4 Å². The summed E-state index contributed by atoms with van der Waals surface area (Å²) in [6.45, 7) is 6.05. The second kappa shape index (κ2) is 12.1. The number of rotatable bonds is 5. The number of piperazine rings is 1. The molecule has 3 aromatic carbocycles. The molecule has 1 N–H and O–H groups in total. The van der Waals surface area contributed by atoms with Crippen LogP contribution in [0.2, 0.25) is 0 Å². The molecule has 1 aliphatic heterocycles. The summed E-state index contributed by atoms with van der Waals surface area (Å²) in [7, 11) is 0. The lowest BCUT2D eigenvalue weighted by Crippen LogP contribution is -2.50. The Hall–Kier alpha value is -3.78. The fourth-order valence-corrected chi connectivity index (χ4v) is 5.16. The smallest absolute Gasteiger partial charge is 0.416 e. The number of hydrogen-bond acceptors (Lipinski definition) is 4. The van der Waals surface area contributed by atoms with Crippen LogP contribution in [0.3, 0.4) is 0 Å². The zero-order valence-corrected chi connectivity index (χ0v) is 24.2. The minimum absolute atomic E-state index is 0.0736. The average Bonchev–Trinajstić information content (AvgIpc) is 2.92. The number of ether oxygens (including phenoxy) is 1. The van der Waals surface area contributed by atoms with E-state index in [1.54, 1.807) is 25.7 Å². The fraction of sp³-hybridized carbons (Fsp3) is 0.345. The highest BCUT2D eigenvalue weighted by Crippen LogP contribution is 2.41. The van der Waals surface area contributed by atoms with Crippen LogP contribution in [0, 0.1) is 0 Å². The minimum Gasteiger partial charge on any atom is -0.444 e. The Balaban J connectivity index is 1.66. The summed E-state index contributed by atoms with van der Waals surface area (Å²) in [5.74, 6) is 0. The van der Waals surface area contributed by atoms with Crippen LogP contribution >= 0.6 is 0 Å². The molecule has 4 rings (SSSR count). The third kappa shape index (κ3) is 7.79. The van der Waals surface area contributed by atoms with E-state index in [0.29, 0.717) is 11.1 Å². The van der Waals surface area contributed by atoms with E-state index in [0.717, 1.165) is 28.6 Å². The number of hydrogen-bond donors (Lipinski definition) is 1. The molecule has 0 saturated carbocycles. The molecule has 1 aliphatic rings. The molecule has 0 bridgehead atoms. The maximum Gasteiger partial charge on any atom is 0.416 e. The van der Waals surface area contributed by atoms with Crippen LogP contribution in [0.15, 0.2) is 66.7 Å². The lowest BCUT2D eigenvalue weighted by molar-refractivity contribution is -0.138. The van der Waals surface area contributed by atoms with Gasteiger partial charge in [-0.25, -0.2) is 13.3 Å². The standard InChI is InChI=1S/C29H29F6N3O4S/c1-27(2,3)42-26(39)37-16-14-36(15-17-37)24-13-10-22(29(33,34)35)18-25(24)38(43(40)41)23-11-6-20(7-12-23)19-4-8-21(9-5-19)28(30,31)32/h4-13,18H,14-17H2,1-3H3,(H,40,41). The van der Waals surface area contributed by atoms with Crippen molar-refractivity contribution in [3.8, 4) is 11.1 Å². The van der Waals surface area contributed by atoms with Crippen LogP contribution in [0.4, 0.5) is 48.2 Å². The van der Waals surface area contributed by atoms with Crippen molar-refractivity contribution >= 4 is 34.4 Å². The number of amides is 1. The molecule has 1 heterocycles. The molecule has 43 heavy (non-hydrogen) atoms. The molecule has 0 aromatic heterocycles. The summed E-state index contributed by atoms with van der Waals surface area (Å²) in [6, 6.07) is 13.1. The van der Waals surface area contributed by atoms with Gasteiger partial charge in [-0.2, -0.15) is 26.3 Å². The number of halogens is 6. The Morgan fingerprint density at radius 3 is 1.74 bits per heavy atom. The van der Waals surface area contributed by atoms with Gasteiger partial charge in [0, 0.05) is 26.2 Å². The summed E-state index contributed by atoms with van der Waals surface area (Å²) < 4.78 is 109. The van der Waals surface area contributed by atoms with Gasteiger partial charge in [-0.3, -0.25) is 4.55 Å². The first-order chi connectivity index (χ1) is 19.9. The molecule has 0 aliphatic carbocycles. The quantitative estimate of drug-likeness (QED) is 0.231. The van der Waals surface area contributed by atoms with Crippen molar-refractivity contribution in [3.05, 3.63) is 77.9 Å². The molecular formula is C29H29F6N3O4S. The van der Waals surface area contributed by atoms with Gasteiger partial charge < -0.3 is 14.5 Å². The Labute approximate surface area is 247 Å². The zero-order valence-electron chi connectivity index (χ0n) is 23.4. The van der Waals surface area contributed by atoms with Crippen molar-refractivity contribution in [1.82, 2.24) is 4.90 Å². The fourth-order valence-electron chi connectivity index (χ4n) is 4.54. The molecule has 7 nitrogen and oxygen atoms in total. The maximum atomic E-state index is 13.7. The molecule has 3 aromatic rings. The predicted octanol–water partition coefficient (Wildman–Crippen LogP) is 7.72. The summed E-state index contributed by atoms with van der Waals surface area (Å²) in [6.07, 6.45) is -9.76. The largest absolute Gasteiger partial charge is 0.444 e. The Bertz CT molecular complexity index is 1460. The Kier molecular flexibility index (Phi) is 9.03. The molecule has 1 atom stereocenters. The van der Waals surface area contributed by atoms with E-state index in [9.17, 15) is 39.9 Å². The Morgan fingerprint density at radius 1 is 0.791 bits per heavy atom. The van der Waals surface area contributed by atoms with Gasteiger partial charge in [-0.15, -0.1) is 0 Å². The maximum absolute atomic E-state index is 13.7. The number of carbonyl (C=O) groups is 1. The molecule has 1 amide bonds. The first-order valence-corrected chi connectivity index (χ1v) is 14.1. The van der Waals surface area contributed by atoms with E-state index in [4.69, 9.17) is 4.74 Å². The molecule has 0 radical (unpaired) electrons. The minimum atomic E-state index is -4.74. The van der Waals surface area contributed by atoms with Crippen LogP contribution < -0.4 is 9.21 Å². The van der Waals surface area contributed by atoms with Crippen LogP contribution in [0.25, 0.3) is 11.1 Å². The van der Waals surface area contributed by atoms with Crippen molar-refractivity contribution in [3.63, 3.8) is 0 Å². The van der Waals surface area contributed by atoms with E-state index in [-0.39, 0.29) is 43.2 Å². The zero-order chi connectivity index (χ0) is 31.7. The monoisotopic (exact) mass is 629 g/mol. The van der Waals surface area contributed by atoms with E-state index in [1.807, 2.05) is 0 Å². The number of carbonyl (C=O) groups excluding carboxylic acids is 1. The van der Waals surface area contributed by atoms with E-state index < -0.39 is 46.4 Å². The van der Waals surface area contributed by atoms with Gasteiger partial charge >= 0.3 is 18.4 Å². The summed E-state index contributed by atoms with van der Waals surface area (Å²) in [5.41, 5.74) is -1.50. The summed E-state index contributed by atoms with van der Waals surface area (Å²) in [4.78, 5) is 15.7. The molecule has 14 heteroatoms. The number of nitrogens with zero attached hydrogens (tertiary/aromatic N) is 3. The number of benzene rings is 3. The van der Waals surface area contributed by atoms with Gasteiger partial charge in [0.25, 0.3) is 11.3 Å². The summed E-state index contributed by atoms with van der Waals surface area (Å²) >= 11 is -2.82. The first-order valence-electron chi connectivity index (χ1n) is 13.1. The van der Waals surface area contributed by atoms with Gasteiger partial charge in [0.15, 0.2) is 0 Å².